The summed E-state index contributed by atoms with van der Waals surface area (Å²) < 4.78 is 0. The summed E-state index contributed by atoms with van der Waals surface area (Å²) in [6, 6.07) is 9.87. The minimum Gasteiger partial charge on any atom is -0.312 e. The summed E-state index contributed by atoms with van der Waals surface area (Å²) in [5.41, 5.74) is 2.19. The van der Waals surface area contributed by atoms with E-state index in [1.54, 1.807) is 0 Å². The van der Waals surface area contributed by atoms with Gasteiger partial charge >= 0.3 is 0 Å². The number of nitriles is 1. The molecule has 0 unspecified atom stereocenters. The average molecular weight is 245 g/mol. The van der Waals surface area contributed by atoms with E-state index in [-0.39, 0.29) is 5.41 Å². The predicted molar refractivity (Wildman–Crippen MR) is 75.2 cm³/mol. The summed E-state index contributed by atoms with van der Waals surface area (Å²) in [6.45, 7) is 7.42. The Kier molecular flexibility index (Phi) is 5.33. The summed E-state index contributed by atoms with van der Waals surface area (Å²) >= 11 is 0. The Hall–Kier alpha value is -1.37. The van der Waals surface area contributed by atoms with E-state index < -0.39 is 0 Å². The van der Waals surface area contributed by atoms with Crippen LogP contribution in [0.25, 0.3) is 0 Å². The maximum Gasteiger partial charge on any atom is 0.0991 e. The lowest BCUT2D eigenvalue weighted by molar-refractivity contribution is 0.232. The summed E-state index contributed by atoms with van der Waals surface area (Å²) in [4.78, 5) is 2.21. The van der Waals surface area contributed by atoms with E-state index in [2.05, 4.69) is 44.2 Å². The normalized spacial score (nSPS) is 11.6. The van der Waals surface area contributed by atoms with Gasteiger partial charge in [-0.1, -0.05) is 26.0 Å². The lowest BCUT2D eigenvalue weighted by atomic mass is 9.93. The highest BCUT2D eigenvalue weighted by Gasteiger charge is 2.17. The van der Waals surface area contributed by atoms with Gasteiger partial charge in [-0.2, -0.15) is 5.26 Å². The highest BCUT2D eigenvalue weighted by atomic mass is 15.1. The van der Waals surface area contributed by atoms with E-state index in [0.717, 1.165) is 19.6 Å². The SMILES string of the molecule is CN(C)CC(C)(C)CNCc1ccc(C#N)cc1. The van der Waals surface area contributed by atoms with Gasteiger partial charge in [0.15, 0.2) is 0 Å². The quantitative estimate of drug-likeness (QED) is 0.835. The molecular formula is C15H23N3. The number of rotatable bonds is 6. The zero-order valence-electron chi connectivity index (χ0n) is 11.8. The van der Waals surface area contributed by atoms with E-state index >= 15 is 0 Å². The first-order valence-corrected chi connectivity index (χ1v) is 6.27. The Balaban J connectivity index is 2.39. The second kappa shape index (κ2) is 6.53. The molecule has 1 rings (SSSR count). The first-order chi connectivity index (χ1) is 8.43. The van der Waals surface area contributed by atoms with Crippen LogP contribution in [0.5, 0.6) is 0 Å². The van der Waals surface area contributed by atoms with Crippen LogP contribution in [0.4, 0.5) is 0 Å². The molecule has 0 heterocycles. The molecule has 0 fully saturated rings. The highest BCUT2D eigenvalue weighted by Crippen LogP contribution is 2.14. The summed E-state index contributed by atoms with van der Waals surface area (Å²) in [5, 5.41) is 12.2. The van der Waals surface area contributed by atoms with Crippen molar-refractivity contribution in [3.05, 3.63) is 35.4 Å². The van der Waals surface area contributed by atoms with Crippen LogP contribution in [0.2, 0.25) is 0 Å². The van der Waals surface area contributed by atoms with Crippen molar-refractivity contribution in [2.75, 3.05) is 27.2 Å². The first-order valence-electron chi connectivity index (χ1n) is 6.27. The van der Waals surface area contributed by atoms with E-state index in [1.165, 1.54) is 5.56 Å². The molecule has 1 aromatic carbocycles. The molecule has 3 heteroatoms. The molecule has 98 valence electrons. The maximum atomic E-state index is 8.72. The molecule has 3 nitrogen and oxygen atoms in total. The molecule has 0 saturated heterocycles. The van der Waals surface area contributed by atoms with Crippen molar-refractivity contribution in [2.45, 2.75) is 20.4 Å². The van der Waals surface area contributed by atoms with Crippen LogP contribution < -0.4 is 5.32 Å². The molecule has 0 atom stereocenters. The van der Waals surface area contributed by atoms with Crippen molar-refractivity contribution in [3.8, 4) is 6.07 Å². The van der Waals surface area contributed by atoms with Gasteiger partial charge in [0.05, 0.1) is 11.6 Å². The first kappa shape index (κ1) is 14.7. The molecule has 0 spiro atoms. The standard InChI is InChI=1S/C15H23N3/c1-15(2,12-18(3)4)11-17-10-14-7-5-13(9-16)6-8-14/h5-8,17H,10-12H2,1-4H3. The minimum atomic E-state index is 0.260. The smallest absolute Gasteiger partial charge is 0.0991 e. The zero-order chi connectivity index (χ0) is 13.6. The van der Waals surface area contributed by atoms with Gasteiger partial charge in [0.25, 0.3) is 0 Å². The van der Waals surface area contributed by atoms with Crippen molar-refractivity contribution in [1.29, 1.82) is 5.26 Å². The summed E-state index contributed by atoms with van der Waals surface area (Å²) in [5.74, 6) is 0. The van der Waals surface area contributed by atoms with Crippen LogP contribution >= 0.6 is 0 Å². The Morgan fingerprint density at radius 2 is 1.83 bits per heavy atom. The van der Waals surface area contributed by atoms with Gasteiger partial charge in [-0.3, -0.25) is 0 Å². The lowest BCUT2D eigenvalue weighted by Crippen LogP contribution is -2.37. The Bertz CT molecular complexity index is 399. The van der Waals surface area contributed by atoms with Gasteiger partial charge in [-0.05, 0) is 37.2 Å². The molecule has 0 aliphatic heterocycles. The van der Waals surface area contributed by atoms with Crippen molar-refractivity contribution >= 4 is 0 Å². The van der Waals surface area contributed by atoms with Crippen molar-refractivity contribution < 1.29 is 0 Å². The van der Waals surface area contributed by atoms with Crippen LogP contribution in [-0.2, 0) is 6.54 Å². The van der Waals surface area contributed by atoms with Crippen molar-refractivity contribution in [1.82, 2.24) is 10.2 Å². The molecule has 0 radical (unpaired) electrons. The molecule has 1 aromatic rings. The van der Waals surface area contributed by atoms with Crippen molar-refractivity contribution in [3.63, 3.8) is 0 Å². The molecule has 0 bridgehead atoms. The summed E-state index contributed by atoms with van der Waals surface area (Å²) in [7, 11) is 4.20. The Morgan fingerprint density at radius 3 is 2.33 bits per heavy atom. The highest BCUT2D eigenvalue weighted by molar-refractivity contribution is 5.31. The van der Waals surface area contributed by atoms with E-state index in [4.69, 9.17) is 5.26 Å². The predicted octanol–water partition coefficient (Wildman–Crippen LogP) is 2.24. The van der Waals surface area contributed by atoms with Crippen LogP contribution in [0, 0.1) is 16.7 Å². The largest absolute Gasteiger partial charge is 0.312 e. The lowest BCUT2D eigenvalue weighted by Gasteiger charge is -2.28. The average Bonchev–Trinajstić information content (AvgIpc) is 2.28. The zero-order valence-corrected chi connectivity index (χ0v) is 11.8. The number of benzene rings is 1. The minimum absolute atomic E-state index is 0.260. The second-order valence-corrected chi connectivity index (χ2v) is 5.81. The third-order valence-electron chi connectivity index (χ3n) is 2.76. The fourth-order valence-electron chi connectivity index (χ4n) is 2.15. The van der Waals surface area contributed by atoms with Gasteiger partial charge in [0.2, 0.25) is 0 Å². The van der Waals surface area contributed by atoms with Gasteiger partial charge in [0, 0.05) is 19.6 Å². The van der Waals surface area contributed by atoms with Crippen LogP contribution in [0.15, 0.2) is 24.3 Å². The third-order valence-corrected chi connectivity index (χ3v) is 2.76. The Labute approximate surface area is 110 Å². The van der Waals surface area contributed by atoms with E-state index in [0.29, 0.717) is 5.56 Å². The molecule has 18 heavy (non-hydrogen) atoms. The third kappa shape index (κ3) is 5.31. The van der Waals surface area contributed by atoms with E-state index in [1.807, 2.05) is 24.3 Å². The molecular weight excluding hydrogens is 222 g/mol. The van der Waals surface area contributed by atoms with Crippen LogP contribution in [0.1, 0.15) is 25.0 Å². The molecule has 0 aromatic heterocycles. The van der Waals surface area contributed by atoms with E-state index in [9.17, 15) is 0 Å². The maximum absolute atomic E-state index is 8.72. The fraction of sp³-hybridized carbons (Fsp3) is 0.533. The number of nitrogens with one attached hydrogen (secondary N) is 1. The topological polar surface area (TPSA) is 39.1 Å². The number of hydrogen-bond donors (Lipinski definition) is 1. The summed E-state index contributed by atoms with van der Waals surface area (Å²) in [6.07, 6.45) is 0. The van der Waals surface area contributed by atoms with Gasteiger partial charge < -0.3 is 10.2 Å². The van der Waals surface area contributed by atoms with Gasteiger partial charge in [0.1, 0.15) is 0 Å². The Morgan fingerprint density at radius 1 is 1.22 bits per heavy atom. The fourth-order valence-corrected chi connectivity index (χ4v) is 2.15. The molecule has 0 saturated carbocycles. The van der Waals surface area contributed by atoms with Gasteiger partial charge in [-0.15, -0.1) is 0 Å². The van der Waals surface area contributed by atoms with Crippen LogP contribution in [0.3, 0.4) is 0 Å². The van der Waals surface area contributed by atoms with Crippen molar-refractivity contribution in [2.24, 2.45) is 5.41 Å². The monoisotopic (exact) mass is 245 g/mol. The molecule has 0 aliphatic rings. The number of nitrogens with zero attached hydrogens (tertiary/aromatic N) is 2. The van der Waals surface area contributed by atoms with Crippen LogP contribution in [-0.4, -0.2) is 32.1 Å². The van der Waals surface area contributed by atoms with Gasteiger partial charge in [-0.25, -0.2) is 0 Å². The second-order valence-electron chi connectivity index (χ2n) is 5.81. The molecule has 0 aliphatic carbocycles. The molecule has 0 amide bonds. The number of hydrogen-bond acceptors (Lipinski definition) is 3. The molecule has 1 N–H and O–H groups in total.